The molecular formula is C14H19BrN4. The fraction of sp³-hybridized carbons (Fsp3) is 0.571. The number of aromatic nitrogens is 1. The highest BCUT2D eigenvalue weighted by Gasteiger charge is 2.23. The fourth-order valence-electron chi connectivity index (χ4n) is 2.54. The summed E-state index contributed by atoms with van der Waals surface area (Å²) in [7, 11) is 0. The van der Waals surface area contributed by atoms with E-state index in [4.69, 9.17) is 5.26 Å². The number of halogens is 1. The van der Waals surface area contributed by atoms with Gasteiger partial charge >= 0.3 is 0 Å². The van der Waals surface area contributed by atoms with Crippen molar-refractivity contribution in [2.24, 2.45) is 0 Å². The molecule has 1 aromatic rings. The highest BCUT2D eigenvalue weighted by molar-refractivity contribution is 9.10. The molecule has 1 aromatic heterocycles. The summed E-state index contributed by atoms with van der Waals surface area (Å²) in [6.07, 6.45) is 2.74. The maximum atomic E-state index is 9.11. The van der Waals surface area contributed by atoms with E-state index in [2.05, 4.69) is 56.7 Å². The van der Waals surface area contributed by atoms with Crippen LogP contribution in [0, 0.1) is 18.3 Å². The van der Waals surface area contributed by atoms with Crippen molar-refractivity contribution in [1.82, 2.24) is 9.88 Å². The smallest absolute Gasteiger partial charge is 0.131 e. The molecule has 1 saturated heterocycles. The molecule has 0 amide bonds. The second kappa shape index (κ2) is 6.36. The van der Waals surface area contributed by atoms with Gasteiger partial charge in [-0.1, -0.05) is 6.92 Å². The Morgan fingerprint density at radius 3 is 2.63 bits per heavy atom. The lowest BCUT2D eigenvalue weighted by Gasteiger charge is -2.37. The second-order valence-electron chi connectivity index (χ2n) is 4.87. The monoisotopic (exact) mass is 322 g/mol. The molecule has 0 radical (unpaired) electrons. The lowest BCUT2D eigenvalue weighted by molar-refractivity contribution is 0.216. The topological polar surface area (TPSA) is 43.2 Å². The Kier molecular flexibility index (Phi) is 4.78. The molecule has 0 aromatic carbocycles. The van der Waals surface area contributed by atoms with Gasteiger partial charge in [-0.15, -0.1) is 0 Å². The van der Waals surface area contributed by atoms with Crippen molar-refractivity contribution in [3.63, 3.8) is 0 Å². The molecule has 1 atom stereocenters. The summed E-state index contributed by atoms with van der Waals surface area (Å²) < 4.78 is 1.02. The van der Waals surface area contributed by atoms with Gasteiger partial charge in [0.2, 0.25) is 0 Å². The Morgan fingerprint density at radius 2 is 2.11 bits per heavy atom. The van der Waals surface area contributed by atoms with Crippen LogP contribution < -0.4 is 4.90 Å². The molecule has 1 fully saturated rings. The summed E-state index contributed by atoms with van der Waals surface area (Å²) in [6.45, 7) is 7.90. The van der Waals surface area contributed by atoms with Crippen LogP contribution in [0.15, 0.2) is 16.7 Å². The molecule has 4 nitrogen and oxygen atoms in total. The summed E-state index contributed by atoms with van der Waals surface area (Å²) in [5.74, 6) is 1.06. The van der Waals surface area contributed by atoms with Crippen LogP contribution in [0.25, 0.3) is 0 Å². The van der Waals surface area contributed by atoms with Crippen LogP contribution >= 0.6 is 15.9 Å². The first kappa shape index (κ1) is 14.3. The van der Waals surface area contributed by atoms with Gasteiger partial charge in [0, 0.05) is 36.8 Å². The molecule has 1 unspecified atom stereocenters. The van der Waals surface area contributed by atoms with E-state index in [1.54, 1.807) is 0 Å². The second-order valence-corrected chi connectivity index (χ2v) is 5.79. The molecule has 1 aliphatic rings. The average molecular weight is 323 g/mol. The van der Waals surface area contributed by atoms with Gasteiger partial charge in [0.05, 0.1) is 12.1 Å². The molecule has 0 spiro atoms. The lowest BCUT2D eigenvalue weighted by Crippen LogP contribution is -2.50. The van der Waals surface area contributed by atoms with Crippen molar-refractivity contribution < 1.29 is 0 Å². The molecule has 19 heavy (non-hydrogen) atoms. The molecule has 0 N–H and O–H groups in total. The molecule has 1 aliphatic heterocycles. The summed E-state index contributed by atoms with van der Waals surface area (Å²) in [5, 5.41) is 9.11. The SMILES string of the molecule is CCC(C#N)N1CCN(c2ncc(Br)cc2C)CC1. The van der Waals surface area contributed by atoms with E-state index in [1.807, 2.05) is 6.20 Å². The van der Waals surface area contributed by atoms with Crippen LogP contribution in [0.1, 0.15) is 18.9 Å². The van der Waals surface area contributed by atoms with Gasteiger partial charge in [0.15, 0.2) is 0 Å². The van der Waals surface area contributed by atoms with Crippen molar-refractivity contribution in [2.75, 3.05) is 31.1 Å². The first-order valence-corrected chi connectivity index (χ1v) is 7.45. The molecule has 102 valence electrons. The first-order valence-electron chi connectivity index (χ1n) is 6.66. The number of aryl methyl sites for hydroxylation is 1. The Hall–Kier alpha value is -1.12. The number of piperazine rings is 1. The standard InChI is InChI=1S/C14H19BrN4/c1-3-13(9-16)18-4-6-19(7-5-18)14-11(2)8-12(15)10-17-14/h8,10,13H,3-7H2,1-2H3. The number of nitrogens with zero attached hydrogens (tertiary/aromatic N) is 4. The Balaban J connectivity index is 2.02. The number of pyridine rings is 1. The summed E-state index contributed by atoms with van der Waals surface area (Å²) in [6, 6.07) is 4.53. The maximum absolute atomic E-state index is 9.11. The van der Waals surface area contributed by atoms with Gasteiger partial charge in [-0.3, -0.25) is 4.90 Å². The van der Waals surface area contributed by atoms with Crippen molar-refractivity contribution >= 4 is 21.7 Å². The fourth-order valence-corrected chi connectivity index (χ4v) is 2.99. The largest absolute Gasteiger partial charge is 0.354 e. The molecule has 0 bridgehead atoms. The zero-order valence-electron chi connectivity index (χ0n) is 11.4. The lowest BCUT2D eigenvalue weighted by atomic mass is 10.1. The van der Waals surface area contributed by atoms with Crippen molar-refractivity contribution in [2.45, 2.75) is 26.3 Å². The Morgan fingerprint density at radius 1 is 1.42 bits per heavy atom. The van der Waals surface area contributed by atoms with E-state index in [0.717, 1.165) is 42.9 Å². The molecular weight excluding hydrogens is 304 g/mol. The van der Waals surface area contributed by atoms with Gasteiger partial charge in [0.25, 0.3) is 0 Å². The van der Waals surface area contributed by atoms with Crippen LogP contribution in [0.3, 0.4) is 0 Å². The number of anilines is 1. The van der Waals surface area contributed by atoms with Gasteiger partial charge in [0.1, 0.15) is 5.82 Å². The Bertz CT molecular complexity index is 475. The third kappa shape index (κ3) is 3.26. The van der Waals surface area contributed by atoms with E-state index in [1.165, 1.54) is 5.56 Å². The van der Waals surface area contributed by atoms with Crippen molar-refractivity contribution in [3.8, 4) is 6.07 Å². The summed E-state index contributed by atoms with van der Waals surface area (Å²) in [4.78, 5) is 9.08. The number of hydrogen-bond acceptors (Lipinski definition) is 4. The van der Waals surface area contributed by atoms with E-state index in [9.17, 15) is 0 Å². The number of hydrogen-bond donors (Lipinski definition) is 0. The third-order valence-corrected chi connectivity index (χ3v) is 4.04. The molecule has 2 rings (SSSR count). The predicted octanol–water partition coefficient (Wildman–Crippen LogP) is 2.58. The van der Waals surface area contributed by atoms with E-state index in [-0.39, 0.29) is 6.04 Å². The van der Waals surface area contributed by atoms with Crippen LogP contribution in [0.5, 0.6) is 0 Å². The Labute approximate surface area is 123 Å². The van der Waals surface area contributed by atoms with E-state index < -0.39 is 0 Å². The minimum atomic E-state index is 0.0566. The minimum Gasteiger partial charge on any atom is -0.354 e. The number of nitriles is 1. The van der Waals surface area contributed by atoms with Gasteiger partial charge in [-0.2, -0.15) is 5.26 Å². The number of rotatable bonds is 3. The molecule has 0 saturated carbocycles. The summed E-state index contributed by atoms with van der Waals surface area (Å²) in [5.41, 5.74) is 1.19. The van der Waals surface area contributed by atoms with Crippen molar-refractivity contribution in [3.05, 3.63) is 22.3 Å². The van der Waals surface area contributed by atoms with Gasteiger partial charge in [-0.05, 0) is 40.9 Å². The third-order valence-electron chi connectivity index (χ3n) is 3.61. The van der Waals surface area contributed by atoms with E-state index >= 15 is 0 Å². The predicted molar refractivity (Wildman–Crippen MR) is 80.2 cm³/mol. The zero-order chi connectivity index (χ0) is 13.8. The van der Waals surface area contributed by atoms with Crippen LogP contribution in [-0.2, 0) is 0 Å². The van der Waals surface area contributed by atoms with Crippen molar-refractivity contribution in [1.29, 1.82) is 5.26 Å². The van der Waals surface area contributed by atoms with E-state index in [0.29, 0.717) is 0 Å². The van der Waals surface area contributed by atoms with Crippen LogP contribution in [0.4, 0.5) is 5.82 Å². The van der Waals surface area contributed by atoms with Gasteiger partial charge in [-0.25, -0.2) is 4.98 Å². The molecule has 0 aliphatic carbocycles. The summed E-state index contributed by atoms with van der Waals surface area (Å²) >= 11 is 3.44. The molecule has 5 heteroatoms. The van der Waals surface area contributed by atoms with Crippen LogP contribution in [-0.4, -0.2) is 42.1 Å². The highest BCUT2D eigenvalue weighted by Crippen LogP contribution is 2.22. The first-order chi connectivity index (χ1) is 9.15. The molecule has 2 heterocycles. The average Bonchev–Trinajstić information content (AvgIpc) is 2.41. The van der Waals surface area contributed by atoms with Crippen LogP contribution in [0.2, 0.25) is 0 Å². The normalized spacial score (nSPS) is 18.1. The maximum Gasteiger partial charge on any atom is 0.131 e. The minimum absolute atomic E-state index is 0.0566. The quantitative estimate of drug-likeness (QED) is 0.857. The highest BCUT2D eigenvalue weighted by atomic mass is 79.9. The van der Waals surface area contributed by atoms with Gasteiger partial charge < -0.3 is 4.90 Å². The zero-order valence-corrected chi connectivity index (χ0v) is 13.0.